The number of piperidine rings is 1. The van der Waals surface area contributed by atoms with E-state index in [9.17, 15) is 14.4 Å². The Morgan fingerprint density at radius 3 is 1.90 bits per heavy atom. The van der Waals surface area contributed by atoms with E-state index in [1.807, 2.05) is 33.8 Å². The molecule has 1 saturated carbocycles. The smallest absolute Gasteiger partial charge is 0.254 e. The minimum absolute atomic E-state index is 0.00290. The van der Waals surface area contributed by atoms with Gasteiger partial charge in [-0.25, -0.2) is 0 Å². The highest BCUT2D eigenvalue weighted by Gasteiger charge is 2.37. The summed E-state index contributed by atoms with van der Waals surface area (Å²) >= 11 is 0. The monoisotopic (exact) mass is 413 g/mol. The first-order valence-electron chi connectivity index (χ1n) is 11.0. The third-order valence-corrected chi connectivity index (χ3v) is 6.62. The van der Waals surface area contributed by atoms with E-state index in [0.29, 0.717) is 50.6 Å². The van der Waals surface area contributed by atoms with Crippen LogP contribution in [0.3, 0.4) is 0 Å². The number of carbonyl (C=O) groups excluding carboxylic acids is 3. The molecule has 0 aromatic heterocycles. The SMILES string of the molecule is COc1cc(C(=O)N2CCN(C(=O)C3CCN(C(=O)C4CC4)CC3)CC2)ccc1C. The van der Waals surface area contributed by atoms with Gasteiger partial charge in [0, 0.05) is 56.7 Å². The molecule has 3 aliphatic rings. The minimum atomic E-state index is -0.0210. The zero-order valence-electron chi connectivity index (χ0n) is 17.9. The molecule has 7 nitrogen and oxygen atoms in total. The lowest BCUT2D eigenvalue weighted by Crippen LogP contribution is -2.53. The van der Waals surface area contributed by atoms with Crippen LogP contribution in [0.5, 0.6) is 5.75 Å². The summed E-state index contributed by atoms with van der Waals surface area (Å²) in [4.78, 5) is 43.6. The molecule has 2 aliphatic heterocycles. The number of benzene rings is 1. The van der Waals surface area contributed by atoms with Crippen molar-refractivity contribution in [3.05, 3.63) is 29.3 Å². The van der Waals surface area contributed by atoms with Gasteiger partial charge in [-0.3, -0.25) is 14.4 Å². The molecule has 7 heteroatoms. The van der Waals surface area contributed by atoms with Crippen molar-refractivity contribution in [2.45, 2.75) is 32.6 Å². The van der Waals surface area contributed by atoms with Gasteiger partial charge in [0.15, 0.2) is 0 Å². The fraction of sp³-hybridized carbons (Fsp3) is 0.609. The lowest BCUT2D eigenvalue weighted by Gasteiger charge is -2.38. The van der Waals surface area contributed by atoms with Gasteiger partial charge in [0.1, 0.15) is 5.75 Å². The van der Waals surface area contributed by atoms with E-state index in [-0.39, 0.29) is 29.6 Å². The molecule has 3 amide bonds. The Balaban J connectivity index is 1.27. The molecule has 0 spiro atoms. The highest BCUT2D eigenvalue weighted by molar-refractivity contribution is 5.95. The number of hydrogen-bond acceptors (Lipinski definition) is 4. The number of rotatable bonds is 4. The second-order valence-electron chi connectivity index (χ2n) is 8.68. The first-order chi connectivity index (χ1) is 14.5. The lowest BCUT2D eigenvalue weighted by atomic mass is 9.94. The number of hydrogen-bond donors (Lipinski definition) is 0. The van der Waals surface area contributed by atoms with Crippen molar-refractivity contribution in [3.8, 4) is 5.75 Å². The Hall–Kier alpha value is -2.57. The number of piperazine rings is 1. The van der Waals surface area contributed by atoms with Crippen molar-refractivity contribution in [1.82, 2.24) is 14.7 Å². The summed E-state index contributed by atoms with van der Waals surface area (Å²) in [5.74, 6) is 1.39. The van der Waals surface area contributed by atoms with Crippen LogP contribution in [0.2, 0.25) is 0 Å². The third-order valence-electron chi connectivity index (χ3n) is 6.62. The molecular formula is C23H31N3O4. The van der Waals surface area contributed by atoms with E-state index in [0.717, 1.165) is 31.2 Å². The zero-order valence-corrected chi connectivity index (χ0v) is 17.9. The summed E-state index contributed by atoms with van der Waals surface area (Å²) in [6.07, 6.45) is 3.55. The summed E-state index contributed by atoms with van der Waals surface area (Å²) in [7, 11) is 1.60. The normalized spacial score (nSPS) is 20.3. The van der Waals surface area contributed by atoms with Gasteiger partial charge in [-0.05, 0) is 50.3 Å². The lowest BCUT2D eigenvalue weighted by molar-refractivity contribution is -0.142. The highest BCUT2D eigenvalue weighted by atomic mass is 16.5. The minimum Gasteiger partial charge on any atom is -0.496 e. The second kappa shape index (κ2) is 8.66. The molecule has 2 heterocycles. The molecule has 0 unspecified atom stereocenters. The quantitative estimate of drug-likeness (QED) is 0.756. The van der Waals surface area contributed by atoms with Gasteiger partial charge >= 0.3 is 0 Å². The standard InChI is InChI=1S/C23H31N3O4/c1-16-3-4-19(15-20(16)30-2)23(29)26-13-11-25(12-14-26)22(28)18-7-9-24(10-8-18)21(27)17-5-6-17/h3-4,15,17-18H,5-14H2,1-2H3. The van der Waals surface area contributed by atoms with Gasteiger partial charge in [-0.15, -0.1) is 0 Å². The fourth-order valence-corrected chi connectivity index (χ4v) is 4.46. The summed E-state index contributed by atoms with van der Waals surface area (Å²) in [5, 5.41) is 0. The van der Waals surface area contributed by atoms with E-state index in [4.69, 9.17) is 4.74 Å². The molecule has 1 aromatic rings. The summed E-state index contributed by atoms with van der Waals surface area (Å²) in [5.41, 5.74) is 1.61. The molecule has 162 valence electrons. The van der Waals surface area contributed by atoms with Crippen LogP contribution in [0.15, 0.2) is 18.2 Å². The van der Waals surface area contributed by atoms with E-state index in [2.05, 4.69) is 0 Å². The van der Waals surface area contributed by atoms with E-state index >= 15 is 0 Å². The molecule has 0 N–H and O–H groups in total. The summed E-state index contributed by atoms with van der Waals surface area (Å²) in [6, 6.07) is 5.51. The largest absolute Gasteiger partial charge is 0.496 e. The van der Waals surface area contributed by atoms with Crippen molar-refractivity contribution in [2.75, 3.05) is 46.4 Å². The highest BCUT2D eigenvalue weighted by Crippen LogP contribution is 2.32. The summed E-state index contributed by atoms with van der Waals surface area (Å²) in [6.45, 7) is 5.55. The Morgan fingerprint density at radius 2 is 1.33 bits per heavy atom. The topological polar surface area (TPSA) is 70.2 Å². The maximum absolute atomic E-state index is 12.9. The van der Waals surface area contributed by atoms with Crippen molar-refractivity contribution >= 4 is 17.7 Å². The molecule has 0 bridgehead atoms. The van der Waals surface area contributed by atoms with Crippen molar-refractivity contribution < 1.29 is 19.1 Å². The molecule has 4 rings (SSSR count). The van der Waals surface area contributed by atoms with Crippen molar-refractivity contribution in [3.63, 3.8) is 0 Å². The van der Waals surface area contributed by atoms with Crippen LogP contribution in [0, 0.1) is 18.8 Å². The van der Waals surface area contributed by atoms with E-state index in [1.54, 1.807) is 13.2 Å². The summed E-state index contributed by atoms with van der Waals surface area (Å²) < 4.78 is 5.33. The van der Waals surface area contributed by atoms with Crippen LogP contribution >= 0.6 is 0 Å². The molecule has 2 saturated heterocycles. The molecule has 30 heavy (non-hydrogen) atoms. The average molecular weight is 414 g/mol. The first kappa shape index (κ1) is 20.7. The van der Waals surface area contributed by atoms with Gasteiger partial charge in [0.2, 0.25) is 11.8 Å². The van der Waals surface area contributed by atoms with Gasteiger partial charge in [-0.2, -0.15) is 0 Å². The molecule has 3 fully saturated rings. The van der Waals surface area contributed by atoms with E-state index in [1.165, 1.54) is 0 Å². The van der Waals surface area contributed by atoms with Crippen LogP contribution in [-0.2, 0) is 9.59 Å². The number of nitrogens with zero attached hydrogens (tertiary/aromatic N) is 3. The van der Waals surface area contributed by atoms with Crippen LogP contribution in [0.25, 0.3) is 0 Å². The van der Waals surface area contributed by atoms with E-state index < -0.39 is 0 Å². The van der Waals surface area contributed by atoms with Crippen LogP contribution in [0.1, 0.15) is 41.6 Å². The maximum Gasteiger partial charge on any atom is 0.254 e. The maximum atomic E-state index is 12.9. The number of amides is 3. The number of ether oxygens (including phenoxy) is 1. The van der Waals surface area contributed by atoms with Gasteiger partial charge < -0.3 is 19.4 Å². The predicted molar refractivity (Wildman–Crippen MR) is 112 cm³/mol. The number of methoxy groups -OCH3 is 1. The van der Waals surface area contributed by atoms with Crippen molar-refractivity contribution in [1.29, 1.82) is 0 Å². The zero-order chi connectivity index (χ0) is 21.3. The average Bonchev–Trinajstić information content (AvgIpc) is 3.64. The number of carbonyl (C=O) groups is 3. The molecule has 0 atom stereocenters. The predicted octanol–water partition coefficient (Wildman–Crippen LogP) is 1.94. The van der Waals surface area contributed by atoms with Gasteiger partial charge in [0.05, 0.1) is 7.11 Å². The van der Waals surface area contributed by atoms with Crippen molar-refractivity contribution in [2.24, 2.45) is 11.8 Å². The second-order valence-corrected chi connectivity index (χ2v) is 8.68. The number of aryl methyl sites for hydroxylation is 1. The Morgan fingerprint density at radius 1 is 0.800 bits per heavy atom. The molecular weight excluding hydrogens is 382 g/mol. The molecule has 1 aliphatic carbocycles. The van der Waals surface area contributed by atoms with Crippen LogP contribution in [0.4, 0.5) is 0 Å². The fourth-order valence-electron chi connectivity index (χ4n) is 4.46. The third kappa shape index (κ3) is 4.30. The van der Waals surface area contributed by atoms with Gasteiger partial charge in [0.25, 0.3) is 5.91 Å². The Labute approximate surface area is 177 Å². The molecule has 1 aromatic carbocycles. The first-order valence-corrected chi connectivity index (χ1v) is 11.0. The van der Waals surface area contributed by atoms with Gasteiger partial charge in [-0.1, -0.05) is 6.07 Å². The van der Waals surface area contributed by atoms with Crippen LogP contribution in [-0.4, -0.2) is 78.8 Å². The number of likely N-dealkylation sites (tertiary alicyclic amines) is 1. The van der Waals surface area contributed by atoms with Crippen LogP contribution < -0.4 is 4.74 Å². The Bertz CT molecular complexity index is 820. The Kier molecular flexibility index (Phi) is 5.97. The molecule has 0 radical (unpaired) electrons.